The lowest BCUT2D eigenvalue weighted by molar-refractivity contribution is 0.0939. The SMILES string of the molecule is Cc1cccc(C[C@H](C)NC(=O)c2cnn(-c3ncc4c(n3)-c3ccccc3CCC4)c2C2CC2)n1. The summed E-state index contributed by atoms with van der Waals surface area (Å²) in [6.07, 6.45) is 9.46. The summed E-state index contributed by atoms with van der Waals surface area (Å²) in [5.74, 6) is 0.725. The van der Waals surface area contributed by atoms with Gasteiger partial charge in [-0.15, -0.1) is 0 Å². The first-order valence-electron chi connectivity index (χ1n) is 12.8. The molecule has 7 heteroatoms. The number of carbonyl (C=O) groups excluding carboxylic acids is 1. The lowest BCUT2D eigenvalue weighted by Gasteiger charge is -2.15. The molecule has 36 heavy (non-hydrogen) atoms. The van der Waals surface area contributed by atoms with E-state index in [1.807, 2.05) is 38.2 Å². The van der Waals surface area contributed by atoms with Crippen LogP contribution in [-0.4, -0.2) is 36.7 Å². The first-order valence-corrected chi connectivity index (χ1v) is 12.8. The number of hydrogen-bond acceptors (Lipinski definition) is 5. The summed E-state index contributed by atoms with van der Waals surface area (Å²) in [6, 6.07) is 14.4. The van der Waals surface area contributed by atoms with E-state index in [0.29, 0.717) is 23.9 Å². The normalized spacial score (nSPS) is 15.5. The van der Waals surface area contributed by atoms with E-state index in [4.69, 9.17) is 9.97 Å². The van der Waals surface area contributed by atoms with Crippen LogP contribution in [0.3, 0.4) is 0 Å². The van der Waals surface area contributed by atoms with E-state index in [-0.39, 0.29) is 11.9 Å². The lowest BCUT2D eigenvalue weighted by atomic mass is 10.0. The minimum Gasteiger partial charge on any atom is -0.349 e. The molecule has 2 aliphatic carbocycles. The Hall–Kier alpha value is -3.87. The topological polar surface area (TPSA) is 85.6 Å². The van der Waals surface area contributed by atoms with Crippen molar-refractivity contribution in [3.05, 3.63) is 88.6 Å². The molecule has 6 rings (SSSR count). The van der Waals surface area contributed by atoms with Gasteiger partial charge in [0.1, 0.15) is 0 Å². The number of benzene rings is 1. The van der Waals surface area contributed by atoms with Gasteiger partial charge >= 0.3 is 0 Å². The van der Waals surface area contributed by atoms with Gasteiger partial charge in [0, 0.05) is 41.5 Å². The molecule has 2 aliphatic rings. The molecular weight excluding hydrogens is 448 g/mol. The number of nitrogens with zero attached hydrogens (tertiary/aromatic N) is 5. The van der Waals surface area contributed by atoms with Gasteiger partial charge in [-0.3, -0.25) is 9.78 Å². The van der Waals surface area contributed by atoms with E-state index in [1.54, 1.807) is 10.9 Å². The van der Waals surface area contributed by atoms with Crippen LogP contribution in [0.1, 0.15) is 70.7 Å². The highest BCUT2D eigenvalue weighted by atomic mass is 16.1. The molecule has 1 aromatic carbocycles. The molecule has 0 spiro atoms. The predicted molar refractivity (Wildman–Crippen MR) is 138 cm³/mol. The third-order valence-electron chi connectivity index (χ3n) is 7.06. The molecule has 3 heterocycles. The second-order valence-corrected chi connectivity index (χ2v) is 10.0. The van der Waals surface area contributed by atoms with E-state index in [1.165, 1.54) is 16.7 Å². The summed E-state index contributed by atoms with van der Waals surface area (Å²) in [4.78, 5) is 27.6. The highest BCUT2D eigenvalue weighted by Crippen LogP contribution is 2.42. The van der Waals surface area contributed by atoms with E-state index >= 15 is 0 Å². The van der Waals surface area contributed by atoms with Crippen molar-refractivity contribution in [1.29, 1.82) is 0 Å². The van der Waals surface area contributed by atoms with Crippen molar-refractivity contribution in [2.45, 2.75) is 64.3 Å². The van der Waals surface area contributed by atoms with Crippen molar-refractivity contribution in [2.75, 3.05) is 0 Å². The number of fused-ring (bicyclic) bond motifs is 3. The Morgan fingerprint density at radius 1 is 1.06 bits per heavy atom. The molecule has 182 valence electrons. The van der Waals surface area contributed by atoms with Crippen molar-refractivity contribution in [1.82, 2.24) is 30.0 Å². The van der Waals surface area contributed by atoms with Crippen LogP contribution in [0.5, 0.6) is 0 Å². The molecule has 1 fully saturated rings. The maximum atomic E-state index is 13.3. The smallest absolute Gasteiger partial charge is 0.255 e. The molecule has 0 bridgehead atoms. The zero-order valence-corrected chi connectivity index (χ0v) is 20.7. The monoisotopic (exact) mass is 478 g/mol. The summed E-state index contributed by atoms with van der Waals surface area (Å²) in [5.41, 5.74) is 8.12. The molecule has 7 nitrogen and oxygen atoms in total. The first kappa shape index (κ1) is 22.6. The minimum atomic E-state index is -0.108. The van der Waals surface area contributed by atoms with Gasteiger partial charge in [-0.25, -0.2) is 14.6 Å². The Bertz CT molecular complexity index is 1440. The second kappa shape index (κ2) is 9.30. The molecule has 1 N–H and O–H groups in total. The van der Waals surface area contributed by atoms with Crippen molar-refractivity contribution < 1.29 is 4.79 Å². The average Bonchev–Trinajstić information content (AvgIpc) is 3.64. The molecule has 1 amide bonds. The van der Waals surface area contributed by atoms with Gasteiger partial charge in [0.15, 0.2) is 0 Å². The number of carbonyl (C=O) groups is 1. The van der Waals surface area contributed by atoms with Crippen molar-refractivity contribution in [2.24, 2.45) is 0 Å². The number of nitrogens with one attached hydrogen (secondary N) is 1. The zero-order valence-electron chi connectivity index (χ0n) is 20.7. The Morgan fingerprint density at radius 2 is 1.89 bits per heavy atom. The summed E-state index contributed by atoms with van der Waals surface area (Å²) >= 11 is 0. The van der Waals surface area contributed by atoms with Gasteiger partial charge in [0.05, 0.1) is 23.1 Å². The highest BCUT2D eigenvalue weighted by Gasteiger charge is 2.34. The quantitative estimate of drug-likeness (QED) is 0.432. The largest absolute Gasteiger partial charge is 0.349 e. The summed E-state index contributed by atoms with van der Waals surface area (Å²) in [6.45, 7) is 3.99. The Balaban J connectivity index is 1.30. The molecule has 1 saturated carbocycles. The molecule has 0 aliphatic heterocycles. The van der Waals surface area contributed by atoms with Gasteiger partial charge in [0.25, 0.3) is 11.9 Å². The fourth-order valence-corrected chi connectivity index (χ4v) is 5.18. The molecule has 3 aromatic heterocycles. The number of amides is 1. The van der Waals surface area contributed by atoms with Crippen LogP contribution in [0, 0.1) is 6.92 Å². The number of aromatic nitrogens is 5. The third-order valence-corrected chi connectivity index (χ3v) is 7.06. The van der Waals surface area contributed by atoms with Gasteiger partial charge in [-0.2, -0.15) is 5.10 Å². The van der Waals surface area contributed by atoms with Crippen molar-refractivity contribution in [3.63, 3.8) is 0 Å². The lowest BCUT2D eigenvalue weighted by Crippen LogP contribution is -2.34. The maximum Gasteiger partial charge on any atom is 0.255 e. The maximum absolute atomic E-state index is 13.3. The van der Waals surface area contributed by atoms with Crippen LogP contribution in [-0.2, 0) is 19.3 Å². The van der Waals surface area contributed by atoms with Gasteiger partial charge in [-0.1, -0.05) is 30.3 Å². The van der Waals surface area contributed by atoms with Crippen molar-refractivity contribution >= 4 is 5.91 Å². The van der Waals surface area contributed by atoms with Crippen LogP contribution in [0.2, 0.25) is 0 Å². The van der Waals surface area contributed by atoms with E-state index < -0.39 is 0 Å². The minimum absolute atomic E-state index is 0.0533. The van der Waals surface area contributed by atoms with Crippen molar-refractivity contribution in [3.8, 4) is 17.2 Å². The van der Waals surface area contributed by atoms with E-state index in [0.717, 1.165) is 54.9 Å². The zero-order chi connectivity index (χ0) is 24.6. The van der Waals surface area contributed by atoms with E-state index in [9.17, 15) is 4.79 Å². The predicted octanol–water partition coefficient (Wildman–Crippen LogP) is 4.76. The van der Waals surface area contributed by atoms with Gasteiger partial charge in [0.2, 0.25) is 0 Å². The van der Waals surface area contributed by atoms with Gasteiger partial charge in [-0.05, 0) is 69.2 Å². The molecular formula is C29H30N6O. The highest BCUT2D eigenvalue weighted by molar-refractivity contribution is 5.95. The first-order chi connectivity index (χ1) is 17.6. The molecule has 0 saturated heterocycles. The Labute approximate surface area is 211 Å². The summed E-state index contributed by atoms with van der Waals surface area (Å²) in [5, 5.41) is 7.77. The number of aryl methyl sites for hydroxylation is 3. The van der Waals surface area contributed by atoms with Crippen LogP contribution in [0.4, 0.5) is 0 Å². The Kier molecular flexibility index (Phi) is 5.83. The fraction of sp³-hybridized carbons (Fsp3) is 0.345. The Morgan fingerprint density at radius 3 is 2.72 bits per heavy atom. The molecule has 4 aromatic rings. The molecule has 1 atom stereocenters. The van der Waals surface area contributed by atoms with Crippen LogP contribution < -0.4 is 5.32 Å². The number of pyridine rings is 1. The number of rotatable bonds is 6. The summed E-state index contributed by atoms with van der Waals surface area (Å²) in [7, 11) is 0. The summed E-state index contributed by atoms with van der Waals surface area (Å²) < 4.78 is 1.78. The van der Waals surface area contributed by atoms with E-state index in [2.05, 4.69) is 39.7 Å². The van der Waals surface area contributed by atoms with Gasteiger partial charge < -0.3 is 5.32 Å². The molecule has 0 unspecified atom stereocenters. The average molecular weight is 479 g/mol. The van der Waals surface area contributed by atoms with Crippen LogP contribution >= 0.6 is 0 Å². The standard InChI is InChI=1S/C29H30N6O/c1-18-7-5-11-23(32-18)15-19(2)33-28(36)25-17-31-35(27(25)21-13-14-21)29-30-16-22-10-6-9-20-8-3-4-12-24(20)26(22)34-29/h3-5,7-8,11-12,16-17,19,21H,6,9-10,13-15H2,1-2H3,(H,33,36)/t19-/m0/s1. The number of hydrogen-bond donors (Lipinski definition) is 1. The third kappa shape index (κ3) is 4.41. The second-order valence-electron chi connectivity index (χ2n) is 10.0. The molecule has 0 radical (unpaired) electrons. The van der Waals surface area contributed by atoms with Crippen LogP contribution in [0.25, 0.3) is 17.2 Å². The van der Waals surface area contributed by atoms with Crippen LogP contribution in [0.15, 0.2) is 54.9 Å². The fourth-order valence-electron chi connectivity index (χ4n) is 5.18.